The number of hydrogen-bond acceptors (Lipinski definition) is 2. The molecule has 1 aliphatic rings. The predicted molar refractivity (Wildman–Crippen MR) is 57.1 cm³/mol. The lowest BCUT2D eigenvalue weighted by molar-refractivity contribution is 0.208. The molecular weight excluding hydrogens is 178 g/mol. The maximum atomic E-state index is 11.5. The Labute approximate surface area is 85.8 Å². The average Bonchev–Trinajstić information content (AvgIpc) is 2.70. The fraction of sp³-hybridized carbons (Fsp3) is 0.900. The molecule has 1 unspecified atom stereocenters. The smallest absolute Gasteiger partial charge is 0.317 e. The molecule has 1 rings (SSSR count). The summed E-state index contributed by atoms with van der Waals surface area (Å²) < 4.78 is 0. The molecule has 0 aromatic rings. The van der Waals surface area contributed by atoms with Gasteiger partial charge < -0.3 is 16.0 Å². The van der Waals surface area contributed by atoms with Crippen LogP contribution in [-0.2, 0) is 0 Å². The Morgan fingerprint density at radius 1 is 1.50 bits per heavy atom. The number of nitrogens with one attached hydrogen (secondary N) is 1. The van der Waals surface area contributed by atoms with E-state index in [1.165, 1.54) is 0 Å². The Kier molecular flexibility index (Phi) is 4.73. The van der Waals surface area contributed by atoms with Crippen LogP contribution in [0.25, 0.3) is 0 Å². The lowest BCUT2D eigenvalue weighted by Crippen LogP contribution is -2.39. The first-order valence-corrected chi connectivity index (χ1v) is 5.52. The SMILES string of the molecule is CCC(N)CCNC(=O)N1CCCC1. The highest BCUT2D eigenvalue weighted by Crippen LogP contribution is 2.06. The molecule has 0 radical (unpaired) electrons. The summed E-state index contributed by atoms with van der Waals surface area (Å²) in [6.45, 7) is 4.58. The van der Waals surface area contributed by atoms with Gasteiger partial charge in [-0.25, -0.2) is 4.79 Å². The zero-order valence-electron chi connectivity index (χ0n) is 8.96. The van der Waals surface area contributed by atoms with Gasteiger partial charge in [-0.1, -0.05) is 6.92 Å². The van der Waals surface area contributed by atoms with Crippen molar-refractivity contribution >= 4 is 6.03 Å². The van der Waals surface area contributed by atoms with Crippen molar-refractivity contribution in [3.63, 3.8) is 0 Å². The van der Waals surface area contributed by atoms with Gasteiger partial charge in [0.05, 0.1) is 0 Å². The lowest BCUT2D eigenvalue weighted by Gasteiger charge is -2.17. The van der Waals surface area contributed by atoms with E-state index in [1.54, 1.807) is 0 Å². The topological polar surface area (TPSA) is 58.4 Å². The third kappa shape index (κ3) is 3.54. The largest absolute Gasteiger partial charge is 0.338 e. The van der Waals surface area contributed by atoms with Gasteiger partial charge in [-0.05, 0) is 25.7 Å². The number of urea groups is 1. The van der Waals surface area contributed by atoms with Gasteiger partial charge in [-0.15, -0.1) is 0 Å². The van der Waals surface area contributed by atoms with Crippen LogP contribution < -0.4 is 11.1 Å². The second-order valence-electron chi connectivity index (χ2n) is 3.88. The Balaban J connectivity index is 2.08. The van der Waals surface area contributed by atoms with E-state index in [9.17, 15) is 4.79 Å². The summed E-state index contributed by atoms with van der Waals surface area (Å²) >= 11 is 0. The maximum Gasteiger partial charge on any atom is 0.317 e. The fourth-order valence-corrected chi connectivity index (χ4v) is 1.60. The van der Waals surface area contributed by atoms with Gasteiger partial charge in [0.1, 0.15) is 0 Å². The third-order valence-electron chi connectivity index (χ3n) is 2.71. The van der Waals surface area contributed by atoms with Gasteiger partial charge in [0.15, 0.2) is 0 Å². The molecule has 2 amide bonds. The number of likely N-dealkylation sites (tertiary alicyclic amines) is 1. The van der Waals surface area contributed by atoms with Crippen LogP contribution in [0.3, 0.4) is 0 Å². The molecule has 0 bridgehead atoms. The van der Waals surface area contributed by atoms with Crippen LogP contribution in [0, 0.1) is 0 Å². The van der Waals surface area contributed by atoms with Gasteiger partial charge in [0.25, 0.3) is 0 Å². The summed E-state index contributed by atoms with van der Waals surface area (Å²) in [5.74, 6) is 0. The first-order chi connectivity index (χ1) is 6.74. The number of carbonyl (C=O) groups is 1. The number of nitrogens with zero attached hydrogens (tertiary/aromatic N) is 1. The van der Waals surface area contributed by atoms with Crippen molar-refractivity contribution in [2.45, 2.75) is 38.6 Å². The summed E-state index contributed by atoms with van der Waals surface area (Å²) in [5.41, 5.74) is 5.75. The number of amides is 2. The molecular formula is C10H21N3O. The monoisotopic (exact) mass is 199 g/mol. The summed E-state index contributed by atoms with van der Waals surface area (Å²) in [6.07, 6.45) is 4.12. The second-order valence-corrected chi connectivity index (χ2v) is 3.88. The number of rotatable bonds is 4. The summed E-state index contributed by atoms with van der Waals surface area (Å²) in [5, 5.41) is 2.90. The molecule has 0 aromatic heterocycles. The molecule has 1 fully saturated rings. The highest BCUT2D eigenvalue weighted by molar-refractivity contribution is 5.74. The standard InChI is InChI=1S/C10H21N3O/c1-2-9(11)5-6-12-10(14)13-7-3-4-8-13/h9H,2-8,11H2,1H3,(H,12,14). The summed E-state index contributed by atoms with van der Waals surface area (Å²) in [4.78, 5) is 13.4. The lowest BCUT2D eigenvalue weighted by atomic mass is 10.2. The summed E-state index contributed by atoms with van der Waals surface area (Å²) in [6, 6.07) is 0.291. The van der Waals surface area contributed by atoms with Crippen LogP contribution in [0.1, 0.15) is 32.6 Å². The van der Waals surface area contributed by atoms with Gasteiger partial charge in [0, 0.05) is 25.7 Å². The highest BCUT2D eigenvalue weighted by Gasteiger charge is 2.16. The van der Waals surface area contributed by atoms with Crippen molar-refractivity contribution < 1.29 is 4.79 Å². The molecule has 0 saturated carbocycles. The second kappa shape index (κ2) is 5.86. The molecule has 1 heterocycles. The van der Waals surface area contributed by atoms with E-state index in [0.717, 1.165) is 38.8 Å². The van der Waals surface area contributed by atoms with E-state index in [4.69, 9.17) is 5.73 Å². The highest BCUT2D eigenvalue weighted by atomic mass is 16.2. The van der Waals surface area contributed by atoms with Crippen molar-refractivity contribution in [3.8, 4) is 0 Å². The number of carbonyl (C=O) groups excluding carboxylic acids is 1. The molecule has 82 valence electrons. The number of nitrogens with two attached hydrogens (primary N) is 1. The predicted octanol–water partition coefficient (Wildman–Crippen LogP) is 0.919. The fourth-order valence-electron chi connectivity index (χ4n) is 1.60. The van der Waals surface area contributed by atoms with Crippen LogP contribution in [0.4, 0.5) is 4.79 Å². The zero-order valence-corrected chi connectivity index (χ0v) is 8.96. The Morgan fingerprint density at radius 2 is 2.14 bits per heavy atom. The minimum absolute atomic E-state index is 0.0748. The van der Waals surface area contributed by atoms with E-state index < -0.39 is 0 Å². The number of hydrogen-bond donors (Lipinski definition) is 2. The molecule has 1 aliphatic heterocycles. The molecule has 0 aromatic carbocycles. The molecule has 4 heteroatoms. The summed E-state index contributed by atoms with van der Waals surface area (Å²) in [7, 11) is 0. The van der Waals surface area contributed by atoms with Crippen LogP contribution in [0.2, 0.25) is 0 Å². The molecule has 1 saturated heterocycles. The van der Waals surface area contributed by atoms with Crippen molar-refractivity contribution in [3.05, 3.63) is 0 Å². The Bertz CT molecular complexity index is 178. The van der Waals surface area contributed by atoms with E-state index in [2.05, 4.69) is 12.2 Å². The van der Waals surface area contributed by atoms with Crippen molar-refractivity contribution in [1.29, 1.82) is 0 Å². The normalized spacial score (nSPS) is 18.3. The van der Waals surface area contributed by atoms with Gasteiger partial charge in [-0.2, -0.15) is 0 Å². The van der Waals surface area contributed by atoms with Crippen molar-refractivity contribution in [2.24, 2.45) is 5.73 Å². The van der Waals surface area contributed by atoms with E-state index in [-0.39, 0.29) is 12.1 Å². The first-order valence-electron chi connectivity index (χ1n) is 5.52. The minimum atomic E-state index is 0.0748. The Morgan fingerprint density at radius 3 is 2.71 bits per heavy atom. The maximum absolute atomic E-state index is 11.5. The van der Waals surface area contributed by atoms with Crippen LogP contribution in [0.5, 0.6) is 0 Å². The molecule has 14 heavy (non-hydrogen) atoms. The van der Waals surface area contributed by atoms with E-state index >= 15 is 0 Å². The Hall–Kier alpha value is -0.770. The van der Waals surface area contributed by atoms with Crippen LogP contribution in [0.15, 0.2) is 0 Å². The average molecular weight is 199 g/mol. The molecule has 3 N–H and O–H groups in total. The van der Waals surface area contributed by atoms with Gasteiger partial charge in [0.2, 0.25) is 0 Å². The van der Waals surface area contributed by atoms with E-state index in [1.807, 2.05) is 4.90 Å². The third-order valence-corrected chi connectivity index (χ3v) is 2.71. The zero-order chi connectivity index (χ0) is 10.4. The van der Waals surface area contributed by atoms with Crippen molar-refractivity contribution in [2.75, 3.05) is 19.6 Å². The van der Waals surface area contributed by atoms with E-state index in [0.29, 0.717) is 6.54 Å². The molecule has 1 atom stereocenters. The van der Waals surface area contributed by atoms with Crippen LogP contribution >= 0.6 is 0 Å². The van der Waals surface area contributed by atoms with Crippen molar-refractivity contribution in [1.82, 2.24) is 10.2 Å². The molecule has 0 spiro atoms. The van der Waals surface area contributed by atoms with Gasteiger partial charge >= 0.3 is 6.03 Å². The minimum Gasteiger partial charge on any atom is -0.338 e. The van der Waals surface area contributed by atoms with Gasteiger partial charge in [-0.3, -0.25) is 0 Å². The quantitative estimate of drug-likeness (QED) is 0.707. The molecule has 4 nitrogen and oxygen atoms in total. The first kappa shape index (κ1) is 11.3. The molecule has 0 aliphatic carbocycles. The van der Waals surface area contributed by atoms with Crippen LogP contribution in [-0.4, -0.2) is 36.6 Å².